The van der Waals surface area contributed by atoms with E-state index in [1.165, 1.54) is 4.31 Å². The molecular formula is C15H21N3O2S. The monoisotopic (exact) mass is 307 g/mol. The largest absolute Gasteiger partial charge is 0.370 e. The summed E-state index contributed by atoms with van der Waals surface area (Å²) in [4.78, 5) is 4.76. The van der Waals surface area contributed by atoms with E-state index < -0.39 is 10.0 Å². The van der Waals surface area contributed by atoms with Crippen LogP contribution in [0, 0.1) is 0 Å². The number of sulfonamides is 1. The first-order chi connectivity index (χ1) is 9.98. The quantitative estimate of drug-likeness (QED) is 0.891. The maximum atomic E-state index is 12.4. The van der Waals surface area contributed by atoms with Gasteiger partial charge in [0.1, 0.15) is 5.82 Å². The Kier molecular flexibility index (Phi) is 4.80. The Hall–Kier alpha value is -1.66. The highest BCUT2D eigenvalue weighted by Gasteiger charge is 2.20. The molecule has 0 fully saturated rings. The number of hydrogen-bond acceptors (Lipinski definition) is 4. The summed E-state index contributed by atoms with van der Waals surface area (Å²) in [6.45, 7) is 5.27. The molecule has 0 aliphatic rings. The van der Waals surface area contributed by atoms with Crippen LogP contribution in [0.2, 0.25) is 0 Å². The number of aromatic nitrogens is 1. The van der Waals surface area contributed by atoms with E-state index in [9.17, 15) is 8.42 Å². The molecule has 1 N–H and O–H groups in total. The minimum atomic E-state index is -3.42. The predicted octanol–water partition coefficient (Wildman–Crippen LogP) is 2.70. The third-order valence-electron chi connectivity index (χ3n) is 3.27. The van der Waals surface area contributed by atoms with Gasteiger partial charge < -0.3 is 5.32 Å². The second kappa shape index (κ2) is 6.41. The van der Waals surface area contributed by atoms with Gasteiger partial charge in [-0.3, -0.25) is 0 Å². The van der Waals surface area contributed by atoms with Gasteiger partial charge in [-0.2, -0.15) is 0 Å². The number of fused-ring (bicyclic) bond motifs is 1. The number of nitrogens with zero attached hydrogens (tertiary/aromatic N) is 2. The van der Waals surface area contributed by atoms with Crippen molar-refractivity contribution in [2.24, 2.45) is 0 Å². The van der Waals surface area contributed by atoms with Gasteiger partial charge in [0.05, 0.1) is 10.4 Å². The van der Waals surface area contributed by atoms with E-state index in [-0.39, 0.29) is 0 Å². The van der Waals surface area contributed by atoms with Crippen LogP contribution < -0.4 is 5.32 Å². The van der Waals surface area contributed by atoms with Gasteiger partial charge in [0.15, 0.2) is 0 Å². The average molecular weight is 307 g/mol. The first kappa shape index (κ1) is 15.7. The molecule has 0 spiro atoms. The lowest BCUT2D eigenvalue weighted by Gasteiger charge is -2.16. The van der Waals surface area contributed by atoms with Crippen LogP contribution >= 0.6 is 0 Å². The summed E-state index contributed by atoms with van der Waals surface area (Å²) in [7, 11) is -1.82. The van der Waals surface area contributed by atoms with Crippen molar-refractivity contribution in [2.45, 2.75) is 25.2 Å². The van der Waals surface area contributed by atoms with Crippen molar-refractivity contribution in [3.8, 4) is 0 Å². The topological polar surface area (TPSA) is 62.3 Å². The highest BCUT2D eigenvalue weighted by Crippen LogP contribution is 2.21. The third-order valence-corrected chi connectivity index (χ3v) is 5.12. The maximum Gasteiger partial charge on any atom is 0.242 e. The summed E-state index contributed by atoms with van der Waals surface area (Å²) in [5.74, 6) is 0.795. The standard InChI is InChI=1S/C15H21N3O2S/c1-4-10-18(3)21(19,20)13-7-8-14-12(11-13)6-9-15(17-14)16-5-2/h6-9,11H,4-5,10H2,1-3H3,(H,16,17). The van der Waals surface area contributed by atoms with Crippen LogP contribution in [0.3, 0.4) is 0 Å². The van der Waals surface area contributed by atoms with Crippen molar-refractivity contribution in [1.82, 2.24) is 9.29 Å². The normalized spacial score (nSPS) is 12.0. The van der Waals surface area contributed by atoms with E-state index in [1.54, 1.807) is 25.2 Å². The lowest BCUT2D eigenvalue weighted by atomic mass is 10.2. The Morgan fingerprint density at radius 3 is 2.62 bits per heavy atom. The molecule has 0 aliphatic carbocycles. The van der Waals surface area contributed by atoms with Crippen molar-refractivity contribution in [3.05, 3.63) is 30.3 Å². The fraction of sp³-hybridized carbons (Fsp3) is 0.400. The maximum absolute atomic E-state index is 12.4. The summed E-state index contributed by atoms with van der Waals surface area (Å²) in [6, 6.07) is 8.80. The lowest BCUT2D eigenvalue weighted by Crippen LogP contribution is -2.27. The Bertz CT molecular complexity index is 729. The van der Waals surface area contributed by atoms with E-state index in [4.69, 9.17) is 0 Å². The smallest absolute Gasteiger partial charge is 0.242 e. The van der Waals surface area contributed by atoms with E-state index >= 15 is 0 Å². The molecule has 21 heavy (non-hydrogen) atoms. The Morgan fingerprint density at radius 1 is 1.19 bits per heavy atom. The second-order valence-corrected chi connectivity index (χ2v) is 6.95. The Labute approximate surface area is 126 Å². The number of nitrogens with one attached hydrogen (secondary N) is 1. The number of rotatable bonds is 6. The van der Waals surface area contributed by atoms with Crippen molar-refractivity contribution in [1.29, 1.82) is 0 Å². The van der Waals surface area contributed by atoms with Gasteiger partial charge in [-0.15, -0.1) is 0 Å². The van der Waals surface area contributed by atoms with E-state index in [0.717, 1.165) is 29.7 Å². The van der Waals surface area contributed by atoms with Crippen LogP contribution in [0.5, 0.6) is 0 Å². The summed E-state index contributed by atoms with van der Waals surface area (Å²) in [5, 5.41) is 3.96. The number of anilines is 1. The minimum absolute atomic E-state index is 0.309. The Morgan fingerprint density at radius 2 is 1.95 bits per heavy atom. The number of benzene rings is 1. The molecular weight excluding hydrogens is 286 g/mol. The molecule has 1 aromatic carbocycles. The molecule has 2 rings (SSSR count). The van der Waals surface area contributed by atoms with Crippen LogP contribution in [0.25, 0.3) is 10.9 Å². The van der Waals surface area contributed by atoms with E-state index in [0.29, 0.717) is 11.4 Å². The van der Waals surface area contributed by atoms with Gasteiger partial charge in [-0.25, -0.2) is 17.7 Å². The first-order valence-electron chi connectivity index (χ1n) is 7.10. The van der Waals surface area contributed by atoms with Gasteiger partial charge in [-0.05, 0) is 43.7 Å². The van der Waals surface area contributed by atoms with Crippen molar-refractivity contribution in [2.75, 3.05) is 25.5 Å². The zero-order valence-corrected chi connectivity index (χ0v) is 13.4. The van der Waals surface area contributed by atoms with Crippen LogP contribution in [-0.2, 0) is 10.0 Å². The van der Waals surface area contributed by atoms with Crippen LogP contribution in [0.15, 0.2) is 35.2 Å². The number of hydrogen-bond donors (Lipinski definition) is 1. The van der Waals surface area contributed by atoms with Gasteiger partial charge >= 0.3 is 0 Å². The highest BCUT2D eigenvalue weighted by atomic mass is 32.2. The molecule has 0 saturated heterocycles. The molecule has 1 heterocycles. The molecule has 0 bridgehead atoms. The van der Waals surface area contributed by atoms with Crippen molar-refractivity contribution < 1.29 is 8.42 Å². The van der Waals surface area contributed by atoms with Gasteiger partial charge in [0.25, 0.3) is 0 Å². The van der Waals surface area contributed by atoms with Crippen molar-refractivity contribution >= 4 is 26.7 Å². The van der Waals surface area contributed by atoms with Crippen molar-refractivity contribution in [3.63, 3.8) is 0 Å². The zero-order valence-electron chi connectivity index (χ0n) is 12.6. The van der Waals surface area contributed by atoms with Crippen LogP contribution in [-0.4, -0.2) is 37.8 Å². The molecule has 114 valence electrons. The molecule has 1 aromatic heterocycles. The first-order valence-corrected chi connectivity index (χ1v) is 8.54. The summed E-state index contributed by atoms with van der Waals surface area (Å²) >= 11 is 0. The average Bonchev–Trinajstić information content (AvgIpc) is 2.47. The lowest BCUT2D eigenvalue weighted by molar-refractivity contribution is 0.468. The molecule has 0 saturated carbocycles. The van der Waals surface area contributed by atoms with Crippen LogP contribution in [0.1, 0.15) is 20.3 Å². The van der Waals surface area contributed by atoms with E-state index in [1.807, 2.05) is 26.0 Å². The molecule has 0 aliphatic heterocycles. The number of pyridine rings is 1. The predicted molar refractivity (Wildman–Crippen MR) is 86.0 cm³/mol. The van der Waals surface area contributed by atoms with E-state index in [2.05, 4.69) is 10.3 Å². The molecule has 0 amide bonds. The van der Waals surface area contributed by atoms with Gasteiger partial charge in [0, 0.05) is 25.5 Å². The van der Waals surface area contributed by atoms with Gasteiger partial charge in [0.2, 0.25) is 10.0 Å². The summed E-state index contributed by atoms with van der Waals surface area (Å²) in [5.41, 5.74) is 0.783. The molecule has 0 atom stereocenters. The molecule has 6 heteroatoms. The molecule has 0 unspecified atom stereocenters. The molecule has 5 nitrogen and oxygen atoms in total. The fourth-order valence-corrected chi connectivity index (χ4v) is 3.46. The highest BCUT2D eigenvalue weighted by molar-refractivity contribution is 7.89. The molecule has 0 radical (unpaired) electrons. The summed E-state index contributed by atoms with van der Waals surface area (Å²) in [6.07, 6.45) is 0.789. The zero-order chi connectivity index (χ0) is 15.5. The third kappa shape index (κ3) is 3.33. The molecule has 2 aromatic rings. The Balaban J connectivity index is 2.41. The van der Waals surface area contributed by atoms with Gasteiger partial charge in [-0.1, -0.05) is 6.92 Å². The summed E-state index contributed by atoms with van der Waals surface area (Å²) < 4.78 is 26.2. The fourth-order valence-electron chi connectivity index (χ4n) is 2.16. The second-order valence-electron chi connectivity index (χ2n) is 4.91. The minimum Gasteiger partial charge on any atom is -0.370 e. The van der Waals surface area contributed by atoms with Crippen LogP contribution in [0.4, 0.5) is 5.82 Å². The SMILES string of the molecule is CCCN(C)S(=O)(=O)c1ccc2nc(NCC)ccc2c1.